The number of thiophene rings is 1. The first-order chi connectivity index (χ1) is 12.1. The number of pyridine rings is 1. The molecule has 0 spiro atoms. The number of amides is 1. The van der Waals surface area contributed by atoms with Gasteiger partial charge in [-0.15, -0.1) is 11.3 Å². The summed E-state index contributed by atoms with van der Waals surface area (Å²) in [6, 6.07) is 7.90. The third kappa shape index (κ3) is 4.87. The van der Waals surface area contributed by atoms with Crippen LogP contribution in [-0.2, 0) is 11.3 Å². The van der Waals surface area contributed by atoms with Gasteiger partial charge in [0, 0.05) is 36.9 Å². The maximum absolute atomic E-state index is 12.5. The predicted octanol–water partition coefficient (Wildman–Crippen LogP) is 2.55. The topological polar surface area (TPSA) is 56.7 Å². The van der Waals surface area contributed by atoms with Crippen molar-refractivity contribution in [3.63, 3.8) is 0 Å². The van der Waals surface area contributed by atoms with Gasteiger partial charge in [0.2, 0.25) is 5.91 Å². The molecule has 1 amide bonds. The van der Waals surface area contributed by atoms with E-state index in [0.29, 0.717) is 6.54 Å². The van der Waals surface area contributed by atoms with Crippen molar-refractivity contribution >= 4 is 17.2 Å². The van der Waals surface area contributed by atoms with Crippen LogP contribution in [0.4, 0.5) is 0 Å². The molecule has 0 aromatic carbocycles. The van der Waals surface area contributed by atoms with Crippen LogP contribution in [-0.4, -0.2) is 52.5 Å². The van der Waals surface area contributed by atoms with Gasteiger partial charge in [-0.05, 0) is 54.9 Å². The summed E-state index contributed by atoms with van der Waals surface area (Å²) in [5.74, 6) is 0.415. The van der Waals surface area contributed by atoms with E-state index in [2.05, 4.69) is 4.98 Å². The molecule has 3 rings (SSSR count). The Kier molecular flexibility index (Phi) is 6.18. The number of likely N-dealkylation sites (N-methyl/N-ethyl adjacent to an activating group) is 1. The van der Waals surface area contributed by atoms with Gasteiger partial charge < -0.3 is 10.0 Å². The Labute approximate surface area is 152 Å². The van der Waals surface area contributed by atoms with Crippen LogP contribution < -0.4 is 0 Å². The zero-order chi connectivity index (χ0) is 17.6. The number of carbonyl (C=O) groups excluding carboxylic acids is 1. The molecule has 0 bridgehead atoms. The highest BCUT2D eigenvalue weighted by atomic mass is 32.1. The first kappa shape index (κ1) is 18.0. The molecular formula is C19H25N3O2S. The molecule has 0 radical (unpaired) electrons. The molecule has 6 heteroatoms. The molecule has 134 valence electrons. The molecule has 1 aliphatic heterocycles. The van der Waals surface area contributed by atoms with E-state index in [4.69, 9.17) is 0 Å². The molecule has 2 aromatic heterocycles. The Balaban J connectivity index is 1.45. The monoisotopic (exact) mass is 359 g/mol. The lowest BCUT2D eigenvalue weighted by molar-refractivity contribution is -0.134. The van der Waals surface area contributed by atoms with Crippen molar-refractivity contribution in [3.05, 3.63) is 52.5 Å². The van der Waals surface area contributed by atoms with Gasteiger partial charge in [0.1, 0.15) is 0 Å². The van der Waals surface area contributed by atoms with Crippen LogP contribution in [0.5, 0.6) is 0 Å². The summed E-state index contributed by atoms with van der Waals surface area (Å²) in [4.78, 5) is 21.5. The van der Waals surface area contributed by atoms with Crippen molar-refractivity contribution in [3.8, 4) is 0 Å². The highest BCUT2D eigenvalue weighted by molar-refractivity contribution is 7.10. The first-order valence-electron chi connectivity index (χ1n) is 8.70. The van der Waals surface area contributed by atoms with Crippen molar-refractivity contribution < 1.29 is 9.90 Å². The fraction of sp³-hybridized carbons (Fsp3) is 0.474. The third-order valence-corrected chi connectivity index (χ3v) is 5.72. The molecule has 1 N–H and O–H groups in total. The molecule has 5 nitrogen and oxygen atoms in total. The van der Waals surface area contributed by atoms with Crippen LogP contribution in [0.15, 0.2) is 42.0 Å². The van der Waals surface area contributed by atoms with Gasteiger partial charge in [0.15, 0.2) is 0 Å². The van der Waals surface area contributed by atoms with Gasteiger partial charge in [-0.1, -0.05) is 6.07 Å². The summed E-state index contributed by atoms with van der Waals surface area (Å²) in [5.41, 5.74) is 1.16. The number of aliphatic hydroxyl groups excluding tert-OH is 1. The lowest BCUT2D eigenvalue weighted by Gasteiger charge is -2.34. The summed E-state index contributed by atoms with van der Waals surface area (Å²) in [5, 5.41) is 12.5. The molecule has 3 heterocycles. The van der Waals surface area contributed by atoms with Crippen LogP contribution in [0.3, 0.4) is 0 Å². The second-order valence-corrected chi connectivity index (χ2v) is 7.69. The smallest absolute Gasteiger partial charge is 0.236 e. The molecule has 0 saturated carbocycles. The lowest BCUT2D eigenvalue weighted by atomic mass is 9.90. The van der Waals surface area contributed by atoms with E-state index in [-0.39, 0.29) is 11.8 Å². The highest BCUT2D eigenvalue weighted by Gasteiger charge is 2.28. The van der Waals surface area contributed by atoms with Crippen LogP contribution in [0.25, 0.3) is 0 Å². The van der Waals surface area contributed by atoms with Crippen molar-refractivity contribution in [2.75, 3.05) is 26.7 Å². The number of hydrogen-bond acceptors (Lipinski definition) is 5. The number of likely N-dealkylation sites (tertiary alicyclic amines) is 1. The maximum Gasteiger partial charge on any atom is 0.236 e. The van der Waals surface area contributed by atoms with E-state index in [0.717, 1.165) is 42.9 Å². The quantitative estimate of drug-likeness (QED) is 0.861. The number of piperidine rings is 1. The SMILES string of the molecule is CN(CC(=O)N1CCC(C(O)c2cccs2)CC1)Cc1ccncc1. The Bertz CT molecular complexity index is 655. The van der Waals surface area contributed by atoms with E-state index in [1.54, 1.807) is 23.7 Å². The zero-order valence-corrected chi connectivity index (χ0v) is 15.4. The summed E-state index contributed by atoms with van der Waals surface area (Å²) < 4.78 is 0. The molecule has 1 saturated heterocycles. The average molecular weight is 359 g/mol. The van der Waals surface area contributed by atoms with E-state index < -0.39 is 6.10 Å². The number of rotatable bonds is 6. The summed E-state index contributed by atoms with van der Waals surface area (Å²) >= 11 is 1.60. The number of aromatic nitrogens is 1. The standard InChI is InChI=1S/C19H25N3O2S/c1-21(13-15-4-8-20-9-5-15)14-18(23)22-10-6-16(7-11-22)19(24)17-3-2-12-25-17/h2-5,8-9,12,16,19,24H,6-7,10-11,13-14H2,1H3. The molecule has 25 heavy (non-hydrogen) atoms. The first-order valence-corrected chi connectivity index (χ1v) is 9.58. The van der Waals surface area contributed by atoms with Crippen LogP contribution in [0.1, 0.15) is 29.4 Å². The normalized spacial score (nSPS) is 17.0. The average Bonchev–Trinajstić information content (AvgIpc) is 3.16. The molecule has 1 aliphatic rings. The van der Waals surface area contributed by atoms with Gasteiger partial charge in [-0.3, -0.25) is 14.7 Å². The fourth-order valence-corrected chi connectivity index (χ4v) is 4.15. The Morgan fingerprint density at radius 3 is 2.72 bits per heavy atom. The van der Waals surface area contributed by atoms with Gasteiger partial charge in [0.25, 0.3) is 0 Å². The van der Waals surface area contributed by atoms with Crippen LogP contribution >= 0.6 is 11.3 Å². The van der Waals surface area contributed by atoms with Crippen molar-refractivity contribution in [1.29, 1.82) is 0 Å². The minimum Gasteiger partial charge on any atom is -0.387 e. The molecule has 2 aromatic rings. The van der Waals surface area contributed by atoms with Gasteiger partial charge in [-0.25, -0.2) is 0 Å². The minimum absolute atomic E-state index is 0.167. The van der Waals surface area contributed by atoms with Crippen molar-refractivity contribution in [2.24, 2.45) is 5.92 Å². The molecule has 1 fully saturated rings. The number of aliphatic hydroxyl groups is 1. The van der Waals surface area contributed by atoms with E-state index in [1.165, 1.54) is 0 Å². The van der Waals surface area contributed by atoms with Crippen molar-refractivity contribution in [2.45, 2.75) is 25.5 Å². The second kappa shape index (κ2) is 8.56. The number of hydrogen-bond donors (Lipinski definition) is 1. The van der Waals surface area contributed by atoms with Gasteiger partial charge >= 0.3 is 0 Å². The Morgan fingerprint density at radius 1 is 1.36 bits per heavy atom. The van der Waals surface area contributed by atoms with Crippen LogP contribution in [0.2, 0.25) is 0 Å². The minimum atomic E-state index is -0.397. The zero-order valence-electron chi connectivity index (χ0n) is 14.5. The molecule has 0 aliphatic carbocycles. The van der Waals surface area contributed by atoms with Gasteiger partial charge in [-0.2, -0.15) is 0 Å². The molecule has 1 atom stereocenters. The Morgan fingerprint density at radius 2 is 2.08 bits per heavy atom. The van der Waals surface area contributed by atoms with E-state index >= 15 is 0 Å². The summed E-state index contributed by atoms with van der Waals surface area (Å²) in [6.07, 6.45) is 4.87. The maximum atomic E-state index is 12.5. The fourth-order valence-electron chi connectivity index (χ4n) is 3.34. The molecular weight excluding hydrogens is 334 g/mol. The number of nitrogens with zero attached hydrogens (tertiary/aromatic N) is 3. The predicted molar refractivity (Wildman–Crippen MR) is 99.2 cm³/mol. The largest absolute Gasteiger partial charge is 0.387 e. The van der Waals surface area contributed by atoms with E-state index in [1.807, 2.05) is 46.5 Å². The summed E-state index contributed by atoms with van der Waals surface area (Å²) in [7, 11) is 1.96. The van der Waals surface area contributed by atoms with Crippen LogP contribution in [0, 0.1) is 5.92 Å². The number of carbonyl (C=O) groups is 1. The van der Waals surface area contributed by atoms with Crippen molar-refractivity contribution in [1.82, 2.24) is 14.8 Å². The second-order valence-electron chi connectivity index (χ2n) is 6.71. The van der Waals surface area contributed by atoms with Gasteiger partial charge in [0.05, 0.1) is 12.6 Å². The van der Waals surface area contributed by atoms with E-state index in [9.17, 15) is 9.90 Å². The molecule has 1 unspecified atom stereocenters. The Hall–Kier alpha value is -1.76. The highest BCUT2D eigenvalue weighted by Crippen LogP contribution is 2.32. The lowest BCUT2D eigenvalue weighted by Crippen LogP contribution is -2.44. The summed E-state index contributed by atoms with van der Waals surface area (Å²) in [6.45, 7) is 2.62. The third-order valence-electron chi connectivity index (χ3n) is 4.78.